The second-order valence-corrected chi connectivity index (χ2v) is 7.44. The van der Waals surface area contributed by atoms with Crippen molar-refractivity contribution in [3.63, 3.8) is 0 Å². The van der Waals surface area contributed by atoms with Gasteiger partial charge in [0.25, 0.3) is 0 Å². The third-order valence-electron chi connectivity index (χ3n) is 3.64. The molecule has 1 N–H and O–H groups in total. The zero-order chi connectivity index (χ0) is 17.0. The van der Waals surface area contributed by atoms with Gasteiger partial charge >= 0.3 is 0 Å². The Kier molecular flexibility index (Phi) is 5.41. The minimum absolute atomic E-state index is 0.0383. The predicted molar refractivity (Wildman–Crippen MR) is 88.9 cm³/mol. The molecule has 0 aromatic heterocycles. The number of hydrogen-bond donors (Lipinski definition) is 1. The molecule has 0 saturated heterocycles. The monoisotopic (exact) mass is 335 g/mol. The maximum absolute atomic E-state index is 12.5. The molecule has 23 heavy (non-hydrogen) atoms. The highest BCUT2D eigenvalue weighted by atomic mass is 32.2. The van der Waals surface area contributed by atoms with Gasteiger partial charge in [0, 0.05) is 13.6 Å². The molecular weight excluding hydrogens is 314 g/mol. The fraction of sp³-hybridized carbons (Fsp3) is 0.294. The van der Waals surface area contributed by atoms with Crippen molar-refractivity contribution in [1.82, 2.24) is 4.31 Å². The molecule has 2 aromatic rings. The molecule has 2 aromatic carbocycles. The molecule has 0 fully saturated rings. The first kappa shape index (κ1) is 17.5. The summed E-state index contributed by atoms with van der Waals surface area (Å²) in [5, 5.41) is 10.3. The van der Waals surface area contributed by atoms with Gasteiger partial charge in [0.15, 0.2) is 0 Å². The zero-order valence-electron chi connectivity index (χ0n) is 13.4. The Bertz CT molecular complexity index is 756. The summed E-state index contributed by atoms with van der Waals surface area (Å²) in [6.07, 6.45) is -0.935. The molecule has 0 saturated carbocycles. The minimum Gasteiger partial charge on any atom is -0.497 e. The predicted octanol–water partition coefficient (Wildman–Crippen LogP) is 2.36. The van der Waals surface area contributed by atoms with E-state index < -0.39 is 16.1 Å². The summed E-state index contributed by atoms with van der Waals surface area (Å²) in [5.74, 6) is 0.616. The maximum Gasteiger partial charge on any atom is 0.242 e. The fourth-order valence-corrected chi connectivity index (χ4v) is 3.36. The Morgan fingerprint density at radius 3 is 2.43 bits per heavy atom. The quantitative estimate of drug-likeness (QED) is 0.880. The van der Waals surface area contributed by atoms with E-state index in [0.717, 1.165) is 9.87 Å². The summed E-state index contributed by atoms with van der Waals surface area (Å²) >= 11 is 0. The lowest BCUT2D eigenvalue weighted by atomic mass is 10.1. The Hall–Kier alpha value is -1.89. The SMILES string of the molecule is COc1cccc(C(O)CN(C)S(=O)(=O)c2ccc(C)cc2)c1. The number of aliphatic hydroxyl groups is 1. The third-order valence-corrected chi connectivity index (χ3v) is 5.48. The molecule has 6 heteroatoms. The highest BCUT2D eigenvalue weighted by Gasteiger charge is 2.23. The Morgan fingerprint density at radius 1 is 1.17 bits per heavy atom. The minimum atomic E-state index is -3.63. The molecule has 0 amide bonds. The number of benzene rings is 2. The molecule has 1 atom stereocenters. The van der Waals surface area contributed by atoms with Crippen LogP contribution in [0.15, 0.2) is 53.4 Å². The van der Waals surface area contributed by atoms with Gasteiger partial charge < -0.3 is 9.84 Å². The lowest BCUT2D eigenvalue weighted by Gasteiger charge is -2.21. The first-order chi connectivity index (χ1) is 10.8. The molecule has 0 aliphatic heterocycles. The molecule has 0 aliphatic rings. The molecular formula is C17H21NO4S. The van der Waals surface area contributed by atoms with Gasteiger partial charge in [-0.05, 0) is 36.8 Å². The summed E-state index contributed by atoms with van der Waals surface area (Å²) < 4.78 is 31.3. The number of nitrogens with zero attached hydrogens (tertiary/aromatic N) is 1. The van der Waals surface area contributed by atoms with E-state index in [0.29, 0.717) is 11.3 Å². The normalized spacial score (nSPS) is 13.1. The van der Waals surface area contributed by atoms with Gasteiger partial charge in [-0.25, -0.2) is 8.42 Å². The van der Waals surface area contributed by atoms with Gasteiger partial charge in [0.2, 0.25) is 10.0 Å². The number of methoxy groups -OCH3 is 1. The number of likely N-dealkylation sites (N-methyl/N-ethyl adjacent to an activating group) is 1. The van der Waals surface area contributed by atoms with Crippen molar-refractivity contribution in [3.8, 4) is 5.75 Å². The summed E-state index contributed by atoms with van der Waals surface area (Å²) in [7, 11) is -0.634. The lowest BCUT2D eigenvalue weighted by Crippen LogP contribution is -2.31. The first-order valence-corrected chi connectivity index (χ1v) is 8.63. The molecule has 0 radical (unpaired) electrons. The van der Waals surface area contributed by atoms with E-state index >= 15 is 0 Å². The lowest BCUT2D eigenvalue weighted by molar-refractivity contribution is 0.154. The number of hydrogen-bond acceptors (Lipinski definition) is 4. The fourth-order valence-electron chi connectivity index (χ4n) is 2.19. The molecule has 2 rings (SSSR count). The third kappa shape index (κ3) is 4.10. The number of sulfonamides is 1. The van der Waals surface area contributed by atoms with Crippen molar-refractivity contribution in [2.24, 2.45) is 0 Å². The molecule has 0 heterocycles. The van der Waals surface area contributed by atoms with Crippen LogP contribution in [0.4, 0.5) is 0 Å². The van der Waals surface area contributed by atoms with E-state index in [2.05, 4.69) is 0 Å². The topological polar surface area (TPSA) is 66.8 Å². The van der Waals surface area contributed by atoms with Crippen LogP contribution in [-0.2, 0) is 10.0 Å². The highest BCUT2D eigenvalue weighted by molar-refractivity contribution is 7.89. The van der Waals surface area contributed by atoms with Crippen LogP contribution in [0.3, 0.4) is 0 Å². The number of aliphatic hydroxyl groups excluding tert-OH is 1. The molecule has 1 unspecified atom stereocenters. The zero-order valence-corrected chi connectivity index (χ0v) is 14.2. The van der Waals surface area contributed by atoms with Crippen molar-refractivity contribution in [1.29, 1.82) is 0 Å². The van der Waals surface area contributed by atoms with Crippen LogP contribution in [-0.4, -0.2) is 38.5 Å². The Balaban J connectivity index is 2.16. The molecule has 124 valence electrons. The van der Waals surface area contributed by atoms with Crippen LogP contribution in [0.1, 0.15) is 17.2 Å². The Labute approximate surface area is 137 Å². The van der Waals surface area contributed by atoms with Gasteiger partial charge in [0.05, 0.1) is 18.1 Å². The summed E-state index contributed by atoms with van der Waals surface area (Å²) in [4.78, 5) is 0.212. The molecule has 0 spiro atoms. The van der Waals surface area contributed by atoms with E-state index in [1.165, 1.54) is 7.05 Å². The summed E-state index contributed by atoms with van der Waals surface area (Å²) in [6, 6.07) is 13.6. The van der Waals surface area contributed by atoms with Gasteiger partial charge in [-0.1, -0.05) is 29.8 Å². The molecule has 5 nitrogen and oxygen atoms in total. The second kappa shape index (κ2) is 7.12. The van der Waals surface area contributed by atoms with E-state index in [1.807, 2.05) is 6.92 Å². The van der Waals surface area contributed by atoms with Crippen LogP contribution < -0.4 is 4.74 Å². The van der Waals surface area contributed by atoms with Gasteiger partial charge in [-0.3, -0.25) is 0 Å². The van der Waals surface area contributed by atoms with Crippen LogP contribution in [0.25, 0.3) is 0 Å². The van der Waals surface area contributed by atoms with E-state index in [-0.39, 0.29) is 11.4 Å². The molecule has 0 bridgehead atoms. The van der Waals surface area contributed by atoms with Crippen molar-refractivity contribution >= 4 is 10.0 Å². The van der Waals surface area contributed by atoms with Crippen LogP contribution in [0.2, 0.25) is 0 Å². The smallest absolute Gasteiger partial charge is 0.242 e. The highest BCUT2D eigenvalue weighted by Crippen LogP contribution is 2.22. The van der Waals surface area contributed by atoms with E-state index in [1.54, 1.807) is 55.6 Å². The van der Waals surface area contributed by atoms with Crippen LogP contribution in [0, 0.1) is 6.92 Å². The average molecular weight is 335 g/mol. The van der Waals surface area contributed by atoms with Crippen LogP contribution in [0.5, 0.6) is 5.75 Å². The molecule has 0 aliphatic carbocycles. The van der Waals surface area contributed by atoms with Gasteiger partial charge in [0.1, 0.15) is 5.75 Å². The van der Waals surface area contributed by atoms with E-state index in [4.69, 9.17) is 4.74 Å². The number of rotatable bonds is 6. The van der Waals surface area contributed by atoms with Gasteiger partial charge in [-0.15, -0.1) is 0 Å². The number of ether oxygens (including phenoxy) is 1. The average Bonchev–Trinajstić information content (AvgIpc) is 2.55. The van der Waals surface area contributed by atoms with E-state index in [9.17, 15) is 13.5 Å². The van der Waals surface area contributed by atoms with Crippen molar-refractivity contribution in [3.05, 3.63) is 59.7 Å². The first-order valence-electron chi connectivity index (χ1n) is 7.19. The van der Waals surface area contributed by atoms with Crippen molar-refractivity contribution in [2.75, 3.05) is 20.7 Å². The summed E-state index contributed by atoms with van der Waals surface area (Å²) in [5.41, 5.74) is 1.60. The number of aryl methyl sites for hydroxylation is 1. The standard InChI is InChI=1S/C17H21NO4S/c1-13-7-9-16(10-8-13)23(20,21)18(2)12-17(19)14-5-4-6-15(11-14)22-3/h4-11,17,19H,12H2,1-3H3. The Morgan fingerprint density at radius 2 is 1.83 bits per heavy atom. The maximum atomic E-state index is 12.5. The van der Waals surface area contributed by atoms with Gasteiger partial charge in [-0.2, -0.15) is 4.31 Å². The van der Waals surface area contributed by atoms with Crippen molar-refractivity contribution < 1.29 is 18.3 Å². The summed E-state index contributed by atoms with van der Waals surface area (Å²) in [6.45, 7) is 1.86. The largest absolute Gasteiger partial charge is 0.497 e. The van der Waals surface area contributed by atoms with Crippen molar-refractivity contribution in [2.45, 2.75) is 17.9 Å². The van der Waals surface area contributed by atoms with Crippen LogP contribution >= 0.6 is 0 Å². The second-order valence-electron chi connectivity index (χ2n) is 5.39.